The van der Waals surface area contributed by atoms with Crippen LogP contribution in [0, 0.1) is 0 Å². The molecule has 0 aromatic heterocycles. The molecule has 1 aromatic carbocycles. The van der Waals surface area contributed by atoms with Gasteiger partial charge < -0.3 is 74.3 Å². The average Bonchev–Trinajstić information content (AvgIpc) is 3.15. The minimum atomic E-state index is -1.73. The van der Waals surface area contributed by atoms with Gasteiger partial charge in [-0.3, -0.25) is 38.6 Å². The number of carbonyl (C=O) groups excluding carboxylic acids is 6. The number of carboxylic acids is 1. The quantitative estimate of drug-likeness (QED) is 0.0447. The van der Waals surface area contributed by atoms with E-state index in [-0.39, 0.29) is 64.1 Å². The number of aliphatic hydroxyl groups excluding tert-OH is 3. The van der Waals surface area contributed by atoms with Crippen molar-refractivity contribution in [2.45, 2.75) is 99.6 Å². The minimum absolute atomic E-state index is 0.00581. The van der Waals surface area contributed by atoms with E-state index in [0.29, 0.717) is 5.56 Å². The molecular weight excluding hydrogens is 740 g/mol. The van der Waals surface area contributed by atoms with E-state index >= 15 is 0 Å². The molecule has 9 unspecified atom stereocenters. The lowest BCUT2D eigenvalue weighted by molar-refractivity contribution is -0.217. The first-order valence-corrected chi connectivity index (χ1v) is 18.1. The first-order valence-electron chi connectivity index (χ1n) is 18.1. The SMILES string of the molecule is NCC1OC(C(=O)NCCCCC2NC(=O)C(Cc3ccccc3)NC(=O)C(CC(=O)O)NC(=O)CNC(=O)C(CCCN=C(N)N)NC2=O)C(O)C(O)C1O. The van der Waals surface area contributed by atoms with Crippen LogP contribution in [0.3, 0.4) is 0 Å². The second-order valence-electron chi connectivity index (χ2n) is 13.3. The second kappa shape index (κ2) is 22.2. The lowest BCUT2D eigenvalue weighted by Crippen LogP contribution is -2.62. The molecule has 2 aliphatic heterocycles. The van der Waals surface area contributed by atoms with Gasteiger partial charge in [-0.25, -0.2) is 0 Å². The van der Waals surface area contributed by atoms with Crippen LogP contribution in [0.4, 0.5) is 0 Å². The van der Waals surface area contributed by atoms with Gasteiger partial charge in [0.1, 0.15) is 42.5 Å². The van der Waals surface area contributed by atoms with E-state index in [1.165, 1.54) is 0 Å². The number of nitrogens with two attached hydrogens (primary N) is 3. The number of nitrogens with zero attached hydrogens (tertiary/aromatic N) is 1. The maximum absolute atomic E-state index is 13.9. The van der Waals surface area contributed by atoms with E-state index in [1.807, 2.05) is 0 Å². The van der Waals surface area contributed by atoms with Gasteiger partial charge in [0, 0.05) is 26.1 Å². The number of benzene rings is 1. The third kappa shape index (κ3) is 14.0. The van der Waals surface area contributed by atoms with E-state index in [4.69, 9.17) is 21.9 Å². The number of carbonyl (C=O) groups is 7. The Bertz CT molecular complexity index is 1560. The molecule has 0 bridgehead atoms. The molecule has 22 heteroatoms. The number of amides is 6. The van der Waals surface area contributed by atoms with Crippen LogP contribution in [0.1, 0.15) is 44.1 Å². The topological polar surface area (TPSA) is 372 Å². The van der Waals surface area contributed by atoms with Crippen molar-refractivity contribution in [1.29, 1.82) is 0 Å². The molecule has 1 aromatic rings. The second-order valence-corrected chi connectivity index (χ2v) is 13.3. The third-order valence-electron chi connectivity index (χ3n) is 9.00. The highest BCUT2D eigenvalue weighted by Crippen LogP contribution is 2.21. The molecule has 2 aliphatic rings. The van der Waals surface area contributed by atoms with Gasteiger partial charge in [-0.1, -0.05) is 30.3 Å². The Morgan fingerprint density at radius 1 is 0.786 bits per heavy atom. The summed E-state index contributed by atoms with van der Waals surface area (Å²) in [5.41, 5.74) is 16.9. The van der Waals surface area contributed by atoms with Crippen LogP contribution in [0.5, 0.6) is 0 Å². The highest BCUT2D eigenvalue weighted by molar-refractivity contribution is 5.98. The monoisotopic (exact) mass is 792 g/mol. The number of aliphatic imine (C=N–C) groups is 1. The molecule has 6 amide bonds. The fraction of sp³-hybridized carbons (Fsp3) is 0.588. The summed E-state index contributed by atoms with van der Waals surface area (Å²) in [4.78, 5) is 95.4. The third-order valence-corrected chi connectivity index (χ3v) is 9.00. The Balaban J connectivity index is 1.84. The molecule has 0 saturated carbocycles. The van der Waals surface area contributed by atoms with Crippen molar-refractivity contribution in [1.82, 2.24) is 31.9 Å². The van der Waals surface area contributed by atoms with Gasteiger partial charge in [0.2, 0.25) is 29.5 Å². The Morgan fingerprint density at radius 3 is 2.04 bits per heavy atom. The molecule has 0 aliphatic carbocycles. The number of hydrogen-bond donors (Lipinski definition) is 13. The first-order chi connectivity index (χ1) is 26.6. The maximum atomic E-state index is 13.9. The zero-order valence-electron chi connectivity index (χ0n) is 30.6. The van der Waals surface area contributed by atoms with E-state index < -0.39 is 109 Å². The number of rotatable bonds is 15. The van der Waals surface area contributed by atoms with Gasteiger partial charge in [-0.2, -0.15) is 0 Å². The molecular formula is C34H52N10O12. The van der Waals surface area contributed by atoms with Crippen molar-refractivity contribution in [3.05, 3.63) is 35.9 Å². The van der Waals surface area contributed by atoms with Gasteiger partial charge in [-0.05, 0) is 37.7 Å². The Kier molecular flexibility index (Phi) is 17.8. The molecule has 2 saturated heterocycles. The first kappa shape index (κ1) is 45.0. The lowest BCUT2D eigenvalue weighted by Gasteiger charge is -2.39. The van der Waals surface area contributed by atoms with Crippen LogP contribution in [0.15, 0.2) is 35.3 Å². The number of ether oxygens (including phenoxy) is 1. The zero-order valence-corrected chi connectivity index (χ0v) is 30.6. The van der Waals surface area contributed by atoms with E-state index in [9.17, 15) is 54.0 Å². The normalized spacial score (nSPS) is 27.9. The lowest BCUT2D eigenvalue weighted by atomic mass is 9.94. The Morgan fingerprint density at radius 2 is 1.39 bits per heavy atom. The zero-order chi connectivity index (χ0) is 41.4. The summed E-state index contributed by atoms with van der Waals surface area (Å²) in [5.74, 6) is -6.75. The van der Waals surface area contributed by atoms with Crippen molar-refractivity contribution in [2.24, 2.45) is 22.2 Å². The van der Waals surface area contributed by atoms with Crippen LogP contribution in [0.2, 0.25) is 0 Å². The number of carboxylic acid groups (broad SMARTS) is 1. The Labute approximate surface area is 321 Å². The van der Waals surface area contributed by atoms with Crippen molar-refractivity contribution >= 4 is 47.4 Å². The van der Waals surface area contributed by atoms with Gasteiger partial charge in [0.25, 0.3) is 5.91 Å². The highest BCUT2D eigenvalue weighted by Gasteiger charge is 2.46. The minimum Gasteiger partial charge on any atom is -0.481 e. The molecule has 3 rings (SSSR count). The number of guanidine groups is 1. The molecule has 0 radical (unpaired) electrons. The largest absolute Gasteiger partial charge is 0.481 e. The van der Waals surface area contributed by atoms with Gasteiger partial charge in [0.15, 0.2) is 12.1 Å². The number of aliphatic carboxylic acids is 1. The van der Waals surface area contributed by atoms with Gasteiger partial charge >= 0.3 is 5.97 Å². The van der Waals surface area contributed by atoms with Crippen molar-refractivity contribution in [2.75, 3.05) is 26.2 Å². The maximum Gasteiger partial charge on any atom is 0.305 e. The summed E-state index contributed by atoms with van der Waals surface area (Å²) < 4.78 is 5.39. The van der Waals surface area contributed by atoms with Crippen LogP contribution in [-0.4, -0.2) is 149 Å². The van der Waals surface area contributed by atoms with Crippen molar-refractivity contribution in [3.8, 4) is 0 Å². The highest BCUT2D eigenvalue weighted by atomic mass is 16.5. The number of unbranched alkanes of at least 4 members (excludes halogenated alkanes) is 1. The summed E-state index contributed by atoms with van der Waals surface area (Å²) >= 11 is 0. The molecule has 2 fully saturated rings. The predicted molar refractivity (Wildman–Crippen MR) is 196 cm³/mol. The van der Waals surface area contributed by atoms with Crippen molar-refractivity contribution < 1.29 is 58.7 Å². The molecule has 0 spiro atoms. The van der Waals surface area contributed by atoms with Gasteiger partial charge in [0.05, 0.1) is 19.1 Å². The summed E-state index contributed by atoms with van der Waals surface area (Å²) in [6.07, 6.45) is -7.92. The average molecular weight is 793 g/mol. The van der Waals surface area contributed by atoms with Crippen LogP contribution >= 0.6 is 0 Å². The van der Waals surface area contributed by atoms with Crippen molar-refractivity contribution in [3.63, 3.8) is 0 Å². The summed E-state index contributed by atoms with van der Waals surface area (Å²) in [6, 6.07) is 2.94. The molecule has 310 valence electrons. The van der Waals surface area contributed by atoms with E-state index in [0.717, 1.165) is 0 Å². The van der Waals surface area contributed by atoms with Gasteiger partial charge in [-0.15, -0.1) is 0 Å². The number of aliphatic hydroxyl groups is 3. The van der Waals surface area contributed by atoms with Crippen LogP contribution in [0.25, 0.3) is 0 Å². The number of nitrogens with one attached hydrogen (secondary N) is 6. The fourth-order valence-electron chi connectivity index (χ4n) is 5.98. The standard InChI is InChI=1S/C34H52N10O12/c35-15-22-25(48)26(49)27(50)28(56-22)33(55)38-11-5-4-9-19-30(52)42-18(10-6-12-39-34(36)37)29(51)40-16-23(45)41-21(14-24(46)47)32(54)44-20(31(53)43-19)13-17-7-2-1-3-8-17/h1-3,7-8,18-22,25-28,48-50H,4-6,9-16,35H2,(H,38,55)(H,40,51)(H,41,45)(H,42,52)(H,43,53)(H,44,54)(H,46,47)(H4,36,37,39). The summed E-state index contributed by atoms with van der Waals surface area (Å²) in [6.45, 7) is -0.822. The molecule has 22 nitrogen and oxygen atoms in total. The summed E-state index contributed by atoms with van der Waals surface area (Å²) in [5, 5.41) is 54.8. The molecule has 16 N–H and O–H groups in total. The summed E-state index contributed by atoms with van der Waals surface area (Å²) in [7, 11) is 0. The smallest absolute Gasteiger partial charge is 0.305 e. The molecule has 56 heavy (non-hydrogen) atoms. The van der Waals surface area contributed by atoms with Crippen LogP contribution in [-0.2, 0) is 44.7 Å². The Hall–Kier alpha value is -5.42. The van der Waals surface area contributed by atoms with E-state index in [2.05, 4.69) is 36.9 Å². The molecule has 9 atom stereocenters. The number of hydrogen-bond acceptors (Lipinski definition) is 13. The fourth-order valence-corrected chi connectivity index (χ4v) is 5.98. The van der Waals surface area contributed by atoms with E-state index in [1.54, 1.807) is 30.3 Å². The van der Waals surface area contributed by atoms with Crippen LogP contribution < -0.4 is 49.1 Å². The molecule has 2 heterocycles. The predicted octanol–water partition coefficient (Wildman–Crippen LogP) is -6.08.